The van der Waals surface area contributed by atoms with Gasteiger partial charge >= 0.3 is 5.97 Å². The van der Waals surface area contributed by atoms with E-state index >= 15 is 0 Å². The molecule has 0 aromatic carbocycles. The van der Waals surface area contributed by atoms with Crippen molar-refractivity contribution in [2.45, 2.75) is 40.2 Å². The molecule has 2 N–H and O–H groups in total. The summed E-state index contributed by atoms with van der Waals surface area (Å²) in [5, 5.41) is 15.9. The van der Waals surface area contributed by atoms with Crippen LogP contribution in [0.1, 0.15) is 37.7 Å². The quantitative estimate of drug-likeness (QED) is 0.749. The second-order valence-corrected chi connectivity index (χ2v) is 4.48. The lowest BCUT2D eigenvalue weighted by Gasteiger charge is -2.09. The molecular weight excluding hydrogens is 246 g/mol. The Labute approximate surface area is 112 Å². The van der Waals surface area contributed by atoms with Gasteiger partial charge in [0.05, 0.1) is 5.69 Å². The van der Waals surface area contributed by atoms with Crippen molar-refractivity contribution in [3.63, 3.8) is 0 Å². The van der Waals surface area contributed by atoms with E-state index < -0.39 is 17.8 Å². The van der Waals surface area contributed by atoms with E-state index in [9.17, 15) is 9.59 Å². The fraction of sp³-hybridized carbons (Fsp3) is 0.615. The molecule has 1 aromatic rings. The molecule has 0 bridgehead atoms. The third kappa shape index (κ3) is 3.33. The predicted molar refractivity (Wildman–Crippen MR) is 70.6 cm³/mol. The lowest BCUT2D eigenvalue weighted by atomic mass is 10.1. The molecule has 0 aliphatic carbocycles. The van der Waals surface area contributed by atoms with E-state index in [-0.39, 0.29) is 0 Å². The van der Waals surface area contributed by atoms with Gasteiger partial charge in [-0.1, -0.05) is 13.8 Å². The molecule has 1 rings (SSSR count). The third-order valence-corrected chi connectivity index (χ3v) is 3.23. The second-order valence-electron chi connectivity index (χ2n) is 4.48. The lowest BCUT2D eigenvalue weighted by molar-refractivity contribution is -0.146. The highest BCUT2D eigenvalue weighted by molar-refractivity contribution is 5.96. The first-order valence-corrected chi connectivity index (χ1v) is 6.46. The SMILES string of the molecule is CCc1nn(C)c(CC)c1CNC(=O)C(C)C(=O)O. The second kappa shape index (κ2) is 6.36. The Balaban J connectivity index is 2.82. The van der Waals surface area contributed by atoms with E-state index in [1.807, 2.05) is 25.6 Å². The maximum Gasteiger partial charge on any atom is 0.315 e. The highest BCUT2D eigenvalue weighted by Gasteiger charge is 2.21. The Kier molecular flexibility index (Phi) is 5.09. The fourth-order valence-electron chi connectivity index (χ4n) is 2.03. The zero-order chi connectivity index (χ0) is 14.6. The Morgan fingerprint density at radius 3 is 2.47 bits per heavy atom. The first-order chi connectivity index (χ1) is 8.92. The molecule has 6 heteroatoms. The highest BCUT2D eigenvalue weighted by atomic mass is 16.4. The molecule has 0 aliphatic rings. The van der Waals surface area contributed by atoms with Crippen molar-refractivity contribution >= 4 is 11.9 Å². The molecule has 1 amide bonds. The molecular formula is C13H21N3O3. The van der Waals surface area contributed by atoms with Gasteiger partial charge in [0, 0.05) is 24.8 Å². The fourth-order valence-corrected chi connectivity index (χ4v) is 2.03. The monoisotopic (exact) mass is 267 g/mol. The molecule has 0 radical (unpaired) electrons. The van der Waals surface area contributed by atoms with Crippen LogP contribution in [0.5, 0.6) is 0 Å². The Morgan fingerprint density at radius 2 is 2.00 bits per heavy atom. The van der Waals surface area contributed by atoms with E-state index in [4.69, 9.17) is 5.11 Å². The number of carbonyl (C=O) groups is 2. The average Bonchev–Trinajstić information content (AvgIpc) is 2.69. The number of hydrogen-bond acceptors (Lipinski definition) is 3. The van der Waals surface area contributed by atoms with Crippen LogP contribution in [0.25, 0.3) is 0 Å². The smallest absolute Gasteiger partial charge is 0.315 e. The summed E-state index contributed by atoms with van der Waals surface area (Å²) in [5.41, 5.74) is 3.01. The molecule has 0 saturated heterocycles. The summed E-state index contributed by atoms with van der Waals surface area (Å²) in [4.78, 5) is 22.4. The molecule has 106 valence electrons. The number of carbonyl (C=O) groups excluding carboxylic acids is 1. The van der Waals surface area contributed by atoms with Crippen molar-refractivity contribution in [3.05, 3.63) is 17.0 Å². The minimum Gasteiger partial charge on any atom is -0.481 e. The standard InChI is InChI=1S/C13H21N3O3/c1-5-10-9(11(6-2)16(4)15-10)7-14-12(17)8(3)13(18)19/h8H,5-7H2,1-4H3,(H,14,17)(H,18,19). The van der Waals surface area contributed by atoms with Gasteiger partial charge in [0.1, 0.15) is 5.92 Å². The van der Waals surface area contributed by atoms with Crippen LogP contribution in [0, 0.1) is 5.92 Å². The minimum absolute atomic E-state index is 0.330. The van der Waals surface area contributed by atoms with Crippen LogP contribution < -0.4 is 5.32 Å². The number of aliphatic carboxylic acids is 1. The molecule has 0 saturated carbocycles. The Bertz CT molecular complexity index is 480. The number of aromatic nitrogens is 2. The number of nitrogens with zero attached hydrogens (tertiary/aromatic N) is 2. The largest absolute Gasteiger partial charge is 0.481 e. The van der Waals surface area contributed by atoms with E-state index in [1.165, 1.54) is 6.92 Å². The van der Waals surface area contributed by atoms with Crippen LogP contribution >= 0.6 is 0 Å². The van der Waals surface area contributed by atoms with Gasteiger partial charge in [-0.25, -0.2) is 0 Å². The summed E-state index contributed by atoms with van der Waals surface area (Å²) >= 11 is 0. The van der Waals surface area contributed by atoms with Crippen molar-refractivity contribution in [3.8, 4) is 0 Å². The van der Waals surface area contributed by atoms with Gasteiger partial charge in [-0.2, -0.15) is 5.10 Å². The Morgan fingerprint density at radius 1 is 1.37 bits per heavy atom. The summed E-state index contributed by atoms with van der Waals surface area (Å²) in [6.45, 7) is 5.74. The minimum atomic E-state index is -1.12. The zero-order valence-corrected chi connectivity index (χ0v) is 11.9. The summed E-state index contributed by atoms with van der Waals surface area (Å²) < 4.78 is 1.82. The number of carboxylic acids is 1. The normalized spacial score (nSPS) is 12.2. The summed E-state index contributed by atoms with van der Waals surface area (Å²) in [6, 6.07) is 0. The van der Waals surface area contributed by atoms with E-state index in [2.05, 4.69) is 10.4 Å². The number of amides is 1. The molecule has 0 aliphatic heterocycles. The maximum atomic E-state index is 11.6. The van der Waals surface area contributed by atoms with Crippen LogP contribution in [0.4, 0.5) is 0 Å². The van der Waals surface area contributed by atoms with Gasteiger partial charge in [-0.15, -0.1) is 0 Å². The van der Waals surface area contributed by atoms with Gasteiger partial charge in [0.2, 0.25) is 5.91 Å². The average molecular weight is 267 g/mol. The number of rotatable bonds is 6. The molecule has 19 heavy (non-hydrogen) atoms. The molecule has 0 spiro atoms. The first kappa shape index (κ1) is 15.2. The van der Waals surface area contributed by atoms with Crippen molar-refractivity contribution in [2.24, 2.45) is 13.0 Å². The third-order valence-electron chi connectivity index (χ3n) is 3.23. The van der Waals surface area contributed by atoms with E-state index in [0.29, 0.717) is 6.54 Å². The number of aryl methyl sites for hydroxylation is 2. The molecule has 1 heterocycles. The van der Waals surface area contributed by atoms with Gasteiger partial charge in [0.15, 0.2) is 0 Å². The number of hydrogen-bond donors (Lipinski definition) is 2. The van der Waals surface area contributed by atoms with Crippen LogP contribution in [-0.2, 0) is 36.0 Å². The van der Waals surface area contributed by atoms with Gasteiger partial charge in [-0.3, -0.25) is 14.3 Å². The Hall–Kier alpha value is -1.85. The summed E-state index contributed by atoms with van der Waals surface area (Å²) in [7, 11) is 1.88. The number of nitrogens with one attached hydrogen (secondary N) is 1. The van der Waals surface area contributed by atoms with Crippen molar-refractivity contribution in [1.29, 1.82) is 0 Å². The van der Waals surface area contributed by atoms with Gasteiger partial charge in [-0.05, 0) is 19.8 Å². The van der Waals surface area contributed by atoms with E-state index in [0.717, 1.165) is 29.8 Å². The summed E-state index contributed by atoms with van der Waals surface area (Å²) in [6.07, 6.45) is 1.61. The molecule has 0 fully saturated rings. The molecule has 6 nitrogen and oxygen atoms in total. The predicted octanol–water partition coefficient (Wildman–Crippen LogP) is 0.882. The zero-order valence-electron chi connectivity index (χ0n) is 11.9. The summed E-state index contributed by atoms with van der Waals surface area (Å²) in [5.74, 6) is -2.62. The first-order valence-electron chi connectivity index (χ1n) is 6.46. The topological polar surface area (TPSA) is 84.2 Å². The number of carboxylic acid groups (broad SMARTS) is 1. The molecule has 1 unspecified atom stereocenters. The van der Waals surface area contributed by atoms with Crippen molar-refractivity contribution in [1.82, 2.24) is 15.1 Å². The maximum absolute atomic E-state index is 11.6. The van der Waals surface area contributed by atoms with Crippen LogP contribution in [0.15, 0.2) is 0 Å². The van der Waals surface area contributed by atoms with Crippen molar-refractivity contribution < 1.29 is 14.7 Å². The van der Waals surface area contributed by atoms with Gasteiger partial charge in [0.25, 0.3) is 0 Å². The highest BCUT2D eigenvalue weighted by Crippen LogP contribution is 2.15. The van der Waals surface area contributed by atoms with Gasteiger partial charge < -0.3 is 10.4 Å². The molecule has 1 aromatic heterocycles. The molecule has 1 atom stereocenters. The van der Waals surface area contributed by atoms with Crippen LogP contribution in [-0.4, -0.2) is 26.8 Å². The lowest BCUT2D eigenvalue weighted by Crippen LogP contribution is -2.33. The van der Waals surface area contributed by atoms with Crippen molar-refractivity contribution in [2.75, 3.05) is 0 Å². The van der Waals surface area contributed by atoms with E-state index in [1.54, 1.807) is 0 Å². The van der Waals surface area contributed by atoms with Crippen LogP contribution in [0.2, 0.25) is 0 Å². The van der Waals surface area contributed by atoms with Crippen LogP contribution in [0.3, 0.4) is 0 Å².